The first kappa shape index (κ1) is 26.7. The van der Waals surface area contributed by atoms with E-state index < -0.39 is 23.5 Å². The molecule has 0 heterocycles. The lowest BCUT2D eigenvalue weighted by atomic mass is 9.91. The van der Waals surface area contributed by atoms with E-state index in [-0.39, 0.29) is 30.9 Å². The van der Waals surface area contributed by atoms with Gasteiger partial charge in [-0.3, -0.25) is 14.4 Å². The fourth-order valence-electron chi connectivity index (χ4n) is 1.65. The van der Waals surface area contributed by atoms with Crippen molar-refractivity contribution in [1.82, 2.24) is 4.90 Å². The number of rotatable bonds is 14. The van der Waals surface area contributed by atoms with Gasteiger partial charge in [0.25, 0.3) is 0 Å². The van der Waals surface area contributed by atoms with Gasteiger partial charge in [0.05, 0.1) is 17.1 Å². The van der Waals surface area contributed by atoms with Crippen molar-refractivity contribution in [2.24, 2.45) is 11.3 Å². The van der Waals surface area contributed by atoms with Crippen molar-refractivity contribution in [3.05, 3.63) is 0 Å². The average Bonchev–Trinajstić information content (AvgIpc) is 2.63. The maximum atomic E-state index is 11.8. The summed E-state index contributed by atoms with van der Waals surface area (Å²) in [5.74, 6) is -1.03. The molecular formula is C19H35NO7S. The van der Waals surface area contributed by atoms with Gasteiger partial charge in [-0.15, -0.1) is 11.8 Å². The Hall–Kier alpha value is -1.32. The molecule has 0 saturated carbocycles. The highest BCUT2D eigenvalue weighted by Crippen LogP contribution is 2.21. The van der Waals surface area contributed by atoms with Crippen molar-refractivity contribution in [2.75, 3.05) is 52.0 Å². The molecule has 0 aromatic carbocycles. The van der Waals surface area contributed by atoms with Gasteiger partial charge in [-0.2, -0.15) is 0 Å². The van der Waals surface area contributed by atoms with Crippen molar-refractivity contribution in [3.63, 3.8) is 0 Å². The van der Waals surface area contributed by atoms with Crippen LogP contribution in [-0.2, 0) is 28.6 Å². The van der Waals surface area contributed by atoms with E-state index in [1.165, 1.54) is 11.8 Å². The minimum Gasteiger partial charge on any atom is -0.464 e. The Kier molecular flexibility index (Phi) is 13.1. The Morgan fingerprint density at radius 3 is 2.29 bits per heavy atom. The standard InChI is InChI=1S/C19H35NO7S/c1-7-19(3,4)18(24)27-11-15(21)10-26-16(22)13-28-12-14(2)17(23)25-9-8-20(5)6/h14-15,21H,7-13H2,1-6H3. The highest BCUT2D eigenvalue weighted by atomic mass is 32.2. The zero-order valence-corrected chi connectivity index (χ0v) is 18.7. The lowest BCUT2D eigenvalue weighted by Gasteiger charge is -2.21. The Morgan fingerprint density at radius 1 is 1.11 bits per heavy atom. The Morgan fingerprint density at radius 2 is 1.71 bits per heavy atom. The second kappa shape index (κ2) is 13.8. The van der Waals surface area contributed by atoms with Crippen LogP contribution >= 0.6 is 11.8 Å². The predicted molar refractivity (Wildman–Crippen MR) is 108 cm³/mol. The number of aliphatic hydroxyl groups excluding tert-OH is 1. The summed E-state index contributed by atoms with van der Waals surface area (Å²) < 4.78 is 15.1. The van der Waals surface area contributed by atoms with Crippen LogP contribution < -0.4 is 0 Å². The number of carbonyl (C=O) groups excluding carboxylic acids is 3. The number of nitrogens with zero attached hydrogens (tertiary/aromatic N) is 1. The summed E-state index contributed by atoms with van der Waals surface area (Å²) in [5.41, 5.74) is -0.614. The van der Waals surface area contributed by atoms with Crippen molar-refractivity contribution < 1.29 is 33.7 Å². The summed E-state index contributed by atoms with van der Waals surface area (Å²) in [7, 11) is 3.79. The van der Waals surface area contributed by atoms with Gasteiger partial charge in [-0.1, -0.05) is 13.8 Å². The SMILES string of the molecule is CCC(C)(C)C(=O)OCC(O)COC(=O)CSCC(C)C(=O)OCCN(C)C. The Balaban J connectivity index is 3.92. The molecule has 9 heteroatoms. The molecule has 1 N–H and O–H groups in total. The van der Waals surface area contributed by atoms with E-state index in [9.17, 15) is 19.5 Å². The molecule has 2 atom stereocenters. The molecule has 0 fully saturated rings. The number of carbonyl (C=O) groups is 3. The fraction of sp³-hybridized carbons (Fsp3) is 0.842. The van der Waals surface area contributed by atoms with Crippen LogP contribution in [0.2, 0.25) is 0 Å². The molecule has 8 nitrogen and oxygen atoms in total. The summed E-state index contributed by atoms with van der Waals surface area (Å²) in [4.78, 5) is 37.2. The topological polar surface area (TPSA) is 102 Å². The van der Waals surface area contributed by atoms with Crippen LogP contribution in [0.1, 0.15) is 34.1 Å². The monoisotopic (exact) mass is 421 g/mol. The third kappa shape index (κ3) is 12.2. The molecule has 0 aliphatic carbocycles. The quantitative estimate of drug-likeness (QED) is 0.329. The number of thioether (sulfide) groups is 1. The van der Waals surface area contributed by atoms with Gasteiger partial charge in [0.2, 0.25) is 0 Å². The molecule has 28 heavy (non-hydrogen) atoms. The zero-order chi connectivity index (χ0) is 21.7. The largest absolute Gasteiger partial charge is 0.464 e. The summed E-state index contributed by atoms with van der Waals surface area (Å²) >= 11 is 1.26. The van der Waals surface area contributed by atoms with E-state index >= 15 is 0 Å². The highest BCUT2D eigenvalue weighted by Gasteiger charge is 2.27. The molecular weight excluding hydrogens is 386 g/mol. The highest BCUT2D eigenvalue weighted by molar-refractivity contribution is 7.99. The molecule has 2 unspecified atom stereocenters. The summed E-state index contributed by atoms with van der Waals surface area (Å²) in [5, 5.41) is 9.77. The molecule has 0 bridgehead atoms. The molecule has 0 aliphatic heterocycles. The number of hydrogen-bond acceptors (Lipinski definition) is 9. The van der Waals surface area contributed by atoms with E-state index in [0.29, 0.717) is 25.3 Å². The van der Waals surface area contributed by atoms with E-state index in [2.05, 4.69) is 0 Å². The summed E-state index contributed by atoms with van der Waals surface area (Å²) in [6, 6.07) is 0. The Labute approximate surface area is 172 Å². The van der Waals surface area contributed by atoms with Crippen molar-refractivity contribution in [2.45, 2.75) is 40.2 Å². The van der Waals surface area contributed by atoms with Gasteiger partial charge in [0, 0.05) is 12.3 Å². The average molecular weight is 422 g/mol. The van der Waals surface area contributed by atoms with E-state index in [1.54, 1.807) is 20.8 Å². The summed E-state index contributed by atoms with van der Waals surface area (Å²) in [6.45, 7) is 7.66. The number of hydrogen-bond donors (Lipinski definition) is 1. The molecule has 0 saturated heterocycles. The fourth-order valence-corrected chi connectivity index (χ4v) is 2.51. The van der Waals surface area contributed by atoms with E-state index in [0.717, 1.165) is 0 Å². The molecule has 0 rings (SSSR count). The summed E-state index contributed by atoms with van der Waals surface area (Å²) in [6.07, 6.45) is -0.452. The predicted octanol–water partition coefficient (Wildman–Crippen LogP) is 1.34. The number of esters is 3. The minimum atomic E-state index is -1.07. The third-order valence-electron chi connectivity index (χ3n) is 4.05. The number of aliphatic hydroxyl groups is 1. The van der Waals surface area contributed by atoms with Gasteiger partial charge < -0.3 is 24.2 Å². The van der Waals surface area contributed by atoms with Crippen LogP contribution in [0.4, 0.5) is 0 Å². The zero-order valence-electron chi connectivity index (χ0n) is 17.9. The first-order valence-corrected chi connectivity index (χ1v) is 10.5. The van der Waals surface area contributed by atoms with Crippen LogP contribution in [-0.4, -0.2) is 86.0 Å². The first-order chi connectivity index (χ1) is 13.0. The van der Waals surface area contributed by atoms with E-state index in [1.807, 2.05) is 25.9 Å². The molecule has 0 aromatic rings. The van der Waals surface area contributed by atoms with E-state index in [4.69, 9.17) is 14.2 Å². The molecule has 0 aliphatic rings. The third-order valence-corrected chi connectivity index (χ3v) is 5.23. The first-order valence-electron chi connectivity index (χ1n) is 9.39. The van der Waals surface area contributed by atoms with Crippen LogP contribution in [0.25, 0.3) is 0 Å². The van der Waals surface area contributed by atoms with Crippen LogP contribution in [0, 0.1) is 11.3 Å². The second-order valence-corrected chi connectivity index (χ2v) is 8.59. The van der Waals surface area contributed by atoms with Crippen molar-refractivity contribution in [1.29, 1.82) is 0 Å². The number of likely N-dealkylation sites (N-methyl/N-ethyl adjacent to an activating group) is 1. The molecule has 0 spiro atoms. The smallest absolute Gasteiger partial charge is 0.315 e. The minimum absolute atomic E-state index is 0.0602. The van der Waals surface area contributed by atoms with Crippen molar-refractivity contribution in [3.8, 4) is 0 Å². The maximum absolute atomic E-state index is 11.8. The van der Waals surface area contributed by atoms with Crippen LogP contribution in [0.3, 0.4) is 0 Å². The van der Waals surface area contributed by atoms with Gasteiger partial charge in [-0.05, 0) is 34.4 Å². The van der Waals surface area contributed by atoms with Gasteiger partial charge in [0.15, 0.2) is 0 Å². The van der Waals surface area contributed by atoms with Gasteiger partial charge in [-0.25, -0.2) is 0 Å². The lowest BCUT2D eigenvalue weighted by molar-refractivity contribution is -0.159. The molecule has 0 radical (unpaired) electrons. The number of ether oxygens (including phenoxy) is 3. The van der Waals surface area contributed by atoms with Crippen LogP contribution in [0.15, 0.2) is 0 Å². The van der Waals surface area contributed by atoms with Crippen LogP contribution in [0.5, 0.6) is 0 Å². The molecule has 0 amide bonds. The van der Waals surface area contributed by atoms with Gasteiger partial charge >= 0.3 is 17.9 Å². The molecule has 164 valence electrons. The van der Waals surface area contributed by atoms with Gasteiger partial charge in [0.1, 0.15) is 25.9 Å². The lowest BCUT2D eigenvalue weighted by Crippen LogP contribution is -2.31. The Bertz CT molecular complexity index is 497. The maximum Gasteiger partial charge on any atom is 0.315 e. The molecule has 0 aromatic heterocycles. The second-order valence-electron chi connectivity index (χ2n) is 7.56. The van der Waals surface area contributed by atoms with Crippen molar-refractivity contribution >= 4 is 29.7 Å². The normalized spacial score (nSPS) is 13.7.